The molecule has 1 aliphatic heterocycles. The monoisotopic (exact) mass is 437 g/mol. The Hall–Kier alpha value is -3.07. The molecule has 1 atom stereocenters. The van der Waals surface area contributed by atoms with E-state index in [9.17, 15) is 4.79 Å². The van der Waals surface area contributed by atoms with Gasteiger partial charge in [0.2, 0.25) is 5.91 Å². The van der Waals surface area contributed by atoms with Gasteiger partial charge in [-0.1, -0.05) is 34.1 Å². The third-order valence-corrected chi connectivity index (χ3v) is 5.73. The fourth-order valence-electron chi connectivity index (χ4n) is 3.74. The molecule has 1 aliphatic rings. The van der Waals surface area contributed by atoms with E-state index in [4.69, 9.17) is 5.10 Å². The number of rotatable bonds is 2. The first-order chi connectivity index (χ1) is 13.5. The summed E-state index contributed by atoms with van der Waals surface area (Å²) in [4.78, 5) is 12.5. The van der Waals surface area contributed by atoms with Crippen LogP contribution in [0.4, 0.5) is 5.82 Å². The second kappa shape index (κ2) is 6.23. The zero-order valence-electron chi connectivity index (χ0n) is 15.2. The summed E-state index contributed by atoms with van der Waals surface area (Å²) in [6, 6.07) is 11.6. The van der Waals surface area contributed by atoms with Crippen LogP contribution in [0.5, 0.6) is 0 Å². The van der Waals surface area contributed by atoms with Crippen LogP contribution in [0.2, 0.25) is 0 Å². The lowest BCUT2D eigenvalue weighted by atomic mass is 9.86. The van der Waals surface area contributed by atoms with Gasteiger partial charge < -0.3 is 5.32 Å². The largest absolute Gasteiger partial charge is 0.310 e. The van der Waals surface area contributed by atoms with Gasteiger partial charge in [-0.25, -0.2) is 0 Å². The van der Waals surface area contributed by atoms with E-state index in [1.165, 1.54) is 0 Å². The lowest BCUT2D eigenvalue weighted by molar-refractivity contribution is -0.116. The topological polar surface area (TPSA) is 90.0 Å². The minimum Gasteiger partial charge on any atom is -0.310 e. The number of carbonyl (C=O) groups excluding carboxylic acids is 1. The average molecular weight is 438 g/mol. The van der Waals surface area contributed by atoms with Gasteiger partial charge in [-0.2, -0.15) is 14.3 Å². The molecule has 8 nitrogen and oxygen atoms in total. The van der Waals surface area contributed by atoms with Gasteiger partial charge >= 0.3 is 0 Å². The summed E-state index contributed by atoms with van der Waals surface area (Å²) in [5.41, 5.74) is 3.60. The lowest BCUT2D eigenvalue weighted by Gasteiger charge is -2.25. The molecule has 0 radical (unpaired) electrons. The summed E-state index contributed by atoms with van der Waals surface area (Å²) in [6.07, 6.45) is 0.374. The number of anilines is 1. The molecule has 9 heteroatoms. The third-order valence-electron chi connectivity index (χ3n) is 5.00. The zero-order chi connectivity index (χ0) is 19.4. The number of aromatic nitrogens is 6. The number of nitrogens with one attached hydrogen (secondary N) is 1. The van der Waals surface area contributed by atoms with Crippen LogP contribution in [-0.4, -0.2) is 35.5 Å². The number of hydrogen-bond acceptors (Lipinski definition) is 5. The van der Waals surface area contributed by atoms with E-state index < -0.39 is 0 Å². The van der Waals surface area contributed by atoms with Crippen LogP contribution in [-0.2, 0) is 4.79 Å². The number of nitrogens with zero attached hydrogens (tertiary/aromatic N) is 6. The molecule has 0 aliphatic carbocycles. The van der Waals surface area contributed by atoms with Crippen LogP contribution in [0.25, 0.3) is 11.5 Å². The first kappa shape index (κ1) is 17.1. The van der Waals surface area contributed by atoms with E-state index in [2.05, 4.69) is 36.5 Å². The van der Waals surface area contributed by atoms with Crippen LogP contribution >= 0.6 is 15.9 Å². The molecule has 1 aromatic carbocycles. The molecule has 0 bridgehead atoms. The minimum absolute atomic E-state index is 0.0454. The first-order valence-corrected chi connectivity index (χ1v) is 9.65. The van der Waals surface area contributed by atoms with Crippen molar-refractivity contribution in [1.29, 1.82) is 0 Å². The molecule has 140 valence electrons. The Labute approximate surface area is 168 Å². The molecular formula is C19H16BrN7O. The van der Waals surface area contributed by atoms with Crippen molar-refractivity contribution < 1.29 is 4.79 Å². The molecule has 0 spiro atoms. The number of hydrogen-bond donors (Lipinski definition) is 1. The van der Waals surface area contributed by atoms with E-state index in [1.54, 1.807) is 9.20 Å². The number of amides is 1. The van der Waals surface area contributed by atoms with E-state index in [0.29, 0.717) is 29.5 Å². The summed E-state index contributed by atoms with van der Waals surface area (Å²) < 4.78 is 4.33. The second-order valence-electron chi connectivity index (χ2n) is 6.79. The van der Waals surface area contributed by atoms with Crippen molar-refractivity contribution in [3.05, 3.63) is 63.5 Å². The Kier molecular flexibility index (Phi) is 3.80. The highest BCUT2D eigenvalue weighted by atomic mass is 79.9. The van der Waals surface area contributed by atoms with E-state index in [-0.39, 0.29) is 11.8 Å². The number of fused-ring (bicyclic) bond motifs is 2. The van der Waals surface area contributed by atoms with E-state index >= 15 is 0 Å². The second-order valence-corrected chi connectivity index (χ2v) is 7.65. The highest BCUT2D eigenvalue weighted by molar-refractivity contribution is 9.10. The highest BCUT2D eigenvalue weighted by Crippen LogP contribution is 2.42. The van der Waals surface area contributed by atoms with Crippen LogP contribution in [0, 0.1) is 13.8 Å². The van der Waals surface area contributed by atoms with Crippen molar-refractivity contribution in [3.8, 4) is 5.82 Å². The molecule has 0 saturated carbocycles. The summed E-state index contributed by atoms with van der Waals surface area (Å²) in [7, 11) is 0. The Bertz CT molecular complexity index is 1240. The number of halogens is 1. The van der Waals surface area contributed by atoms with Crippen molar-refractivity contribution in [2.45, 2.75) is 26.2 Å². The van der Waals surface area contributed by atoms with Crippen molar-refractivity contribution in [3.63, 3.8) is 0 Å². The van der Waals surface area contributed by atoms with Gasteiger partial charge in [0.25, 0.3) is 0 Å². The predicted octanol–water partition coefficient (Wildman–Crippen LogP) is 3.16. The van der Waals surface area contributed by atoms with Gasteiger partial charge in [0.1, 0.15) is 5.82 Å². The maximum absolute atomic E-state index is 12.5. The highest BCUT2D eigenvalue weighted by Gasteiger charge is 2.33. The molecule has 5 rings (SSSR count). The van der Waals surface area contributed by atoms with E-state index in [1.807, 2.05) is 50.2 Å². The molecule has 0 saturated heterocycles. The average Bonchev–Trinajstić information content (AvgIpc) is 3.21. The molecule has 3 aromatic heterocycles. The van der Waals surface area contributed by atoms with Gasteiger partial charge in [-0.05, 0) is 37.6 Å². The Morgan fingerprint density at radius 2 is 1.93 bits per heavy atom. The summed E-state index contributed by atoms with van der Waals surface area (Å²) >= 11 is 3.62. The Morgan fingerprint density at radius 1 is 1.11 bits per heavy atom. The number of benzene rings is 1. The standard InChI is InChI=1S/C19H16BrN7O/c1-10-18-13(12-5-3-4-6-14(12)20)9-17(28)21-19(18)27(24-10)16-8-7-15-23-22-11(2)26(15)25-16/h3-8,13H,9H2,1-2H3,(H,21,28)/t13-/m0/s1. The van der Waals surface area contributed by atoms with Crippen molar-refractivity contribution in [2.75, 3.05) is 5.32 Å². The Morgan fingerprint density at radius 3 is 2.75 bits per heavy atom. The molecule has 4 aromatic rings. The van der Waals surface area contributed by atoms with Crippen LogP contribution in [0.15, 0.2) is 40.9 Å². The summed E-state index contributed by atoms with van der Waals surface area (Å²) in [5, 5.41) is 20.4. The smallest absolute Gasteiger partial charge is 0.226 e. The molecule has 0 fully saturated rings. The molecule has 4 heterocycles. The molecular weight excluding hydrogens is 422 g/mol. The fourth-order valence-corrected chi connectivity index (χ4v) is 4.30. The normalized spacial score (nSPS) is 16.2. The van der Waals surface area contributed by atoms with Gasteiger partial charge in [-0.3, -0.25) is 4.79 Å². The fraction of sp³-hybridized carbons (Fsp3) is 0.211. The summed E-state index contributed by atoms with van der Waals surface area (Å²) in [5.74, 6) is 1.81. The van der Waals surface area contributed by atoms with Crippen LogP contribution in [0.1, 0.15) is 35.0 Å². The van der Waals surface area contributed by atoms with Crippen molar-refractivity contribution >= 4 is 33.3 Å². The molecule has 28 heavy (non-hydrogen) atoms. The Balaban J connectivity index is 1.70. The molecule has 1 N–H and O–H groups in total. The lowest BCUT2D eigenvalue weighted by Crippen LogP contribution is -2.25. The molecule has 0 unspecified atom stereocenters. The third kappa shape index (κ3) is 2.54. The number of aryl methyl sites for hydroxylation is 2. The SMILES string of the molecule is Cc1nn(-c2ccc3nnc(C)n3n2)c2c1[C@H](c1ccccc1Br)CC(=O)N2. The van der Waals surface area contributed by atoms with E-state index in [0.717, 1.165) is 21.3 Å². The number of carbonyl (C=O) groups is 1. The van der Waals surface area contributed by atoms with Crippen LogP contribution in [0.3, 0.4) is 0 Å². The quantitative estimate of drug-likeness (QED) is 0.519. The van der Waals surface area contributed by atoms with Gasteiger partial charge in [-0.15, -0.1) is 15.3 Å². The minimum atomic E-state index is -0.0755. The van der Waals surface area contributed by atoms with Crippen molar-refractivity contribution in [1.82, 2.24) is 29.6 Å². The van der Waals surface area contributed by atoms with Gasteiger partial charge in [0, 0.05) is 22.4 Å². The maximum Gasteiger partial charge on any atom is 0.226 e. The zero-order valence-corrected chi connectivity index (χ0v) is 16.8. The van der Waals surface area contributed by atoms with Crippen molar-refractivity contribution in [2.24, 2.45) is 0 Å². The maximum atomic E-state index is 12.5. The van der Waals surface area contributed by atoms with Gasteiger partial charge in [0.15, 0.2) is 17.3 Å². The van der Waals surface area contributed by atoms with Crippen LogP contribution < -0.4 is 5.32 Å². The first-order valence-electron chi connectivity index (χ1n) is 8.86. The summed E-state index contributed by atoms with van der Waals surface area (Å²) in [6.45, 7) is 3.80. The van der Waals surface area contributed by atoms with Gasteiger partial charge in [0.05, 0.1) is 5.69 Å². The molecule has 1 amide bonds. The predicted molar refractivity (Wildman–Crippen MR) is 107 cm³/mol.